The Labute approximate surface area is 152 Å². The number of rotatable bonds is 3. The summed E-state index contributed by atoms with van der Waals surface area (Å²) in [7, 11) is 1.94. The lowest BCUT2D eigenvalue weighted by Crippen LogP contribution is -2.64. The third-order valence-corrected chi connectivity index (χ3v) is 5.65. The summed E-state index contributed by atoms with van der Waals surface area (Å²) in [5.41, 5.74) is 15.3. The second kappa shape index (κ2) is 7.58. The van der Waals surface area contributed by atoms with Crippen LogP contribution in [0.15, 0.2) is 0 Å². The third kappa shape index (κ3) is 3.44. The number of hydrazine groups is 4. The number of nitrogens with one attached hydrogen (secondary N) is 6. The van der Waals surface area contributed by atoms with Gasteiger partial charge in [-0.2, -0.15) is 10.7 Å². The Kier molecular flexibility index (Phi) is 5.36. The minimum Gasteiger partial charge on any atom is -0.350 e. The van der Waals surface area contributed by atoms with Crippen molar-refractivity contribution in [2.75, 3.05) is 39.9 Å². The van der Waals surface area contributed by atoms with Crippen LogP contribution in [0.2, 0.25) is 0 Å². The number of fused-ring (bicyclic) bond motifs is 1. The number of nitrogens with two attached hydrogens (primary N) is 1. The quantitative estimate of drug-likeness (QED) is 0.263. The Hall–Kier alpha value is -0.960. The molecule has 0 saturated carbocycles. The molecule has 11 nitrogen and oxygen atoms in total. The average Bonchev–Trinajstić information content (AvgIpc) is 3.17. The van der Waals surface area contributed by atoms with Crippen LogP contribution in [0.5, 0.6) is 0 Å². The molecule has 0 aromatic carbocycles. The van der Waals surface area contributed by atoms with Crippen LogP contribution in [0.4, 0.5) is 4.39 Å². The third-order valence-electron chi connectivity index (χ3n) is 5.65. The highest BCUT2D eigenvalue weighted by molar-refractivity contribution is 5.80. The normalized spacial score (nSPS) is 42.7. The molecule has 0 radical (unpaired) electrons. The number of alkyl halides is 1. The number of piperidine rings is 1. The molecule has 4 aliphatic heterocycles. The van der Waals surface area contributed by atoms with Crippen molar-refractivity contribution in [3.05, 3.63) is 0 Å². The van der Waals surface area contributed by atoms with Crippen LogP contribution in [-0.2, 0) is 4.79 Å². The van der Waals surface area contributed by atoms with Gasteiger partial charge in [0.15, 0.2) is 0 Å². The minimum atomic E-state index is -0.967. The zero-order chi connectivity index (χ0) is 18.3. The summed E-state index contributed by atoms with van der Waals surface area (Å²) in [4.78, 5) is 13.0. The monoisotopic (exact) mass is 372 g/mol. The van der Waals surface area contributed by atoms with Crippen LogP contribution in [0, 0.1) is 5.92 Å². The molecule has 0 aliphatic carbocycles. The van der Waals surface area contributed by atoms with Gasteiger partial charge in [0.2, 0.25) is 5.91 Å². The molecule has 6 atom stereocenters. The lowest BCUT2D eigenvalue weighted by molar-refractivity contribution is -0.129. The van der Waals surface area contributed by atoms with E-state index in [1.807, 2.05) is 12.2 Å². The molecule has 0 aromatic heterocycles. The topological polar surface area (TPSA) is 125 Å². The van der Waals surface area contributed by atoms with E-state index in [0.717, 1.165) is 13.0 Å². The van der Waals surface area contributed by atoms with E-state index in [1.165, 1.54) is 0 Å². The maximum Gasteiger partial charge on any atom is 0.229 e. The Morgan fingerprint density at radius 3 is 2.96 bits per heavy atom. The van der Waals surface area contributed by atoms with Gasteiger partial charge in [0.05, 0.1) is 37.0 Å². The standard InChI is InChI=1S/C14H29FN10O/c1-23-22-19-7-25(23)10-2-3-17-5-9(10)20-14(26)11-12(16)21-24-6-8(15)4-18-13(11)24/h8-13,17-19,21-22H,2-7,16H2,1H3,(H,20,26). The van der Waals surface area contributed by atoms with Crippen LogP contribution < -0.4 is 38.1 Å². The second-order valence-electron chi connectivity index (χ2n) is 7.37. The summed E-state index contributed by atoms with van der Waals surface area (Å²) in [6, 6.07) is 0.128. The molecule has 0 aromatic rings. The fraction of sp³-hybridized carbons (Fsp3) is 0.929. The summed E-state index contributed by atoms with van der Waals surface area (Å²) in [5.74, 6) is -0.582. The largest absolute Gasteiger partial charge is 0.350 e. The van der Waals surface area contributed by atoms with Gasteiger partial charge in [0.25, 0.3) is 0 Å². The Morgan fingerprint density at radius 2 is 2.19 bits per heavy atom. The number of carbonyl (C=O) groups excluding carboxylic acids is 1. The van der Waals surface area contributed by atoms with E-state index in [1.54, 1.807) is 5.01 Å². The van der Waals surface area contributed by atoms with Gasteiger partial charge in [-0.3, -0.25) is 10.1 Å². The Balaban J connectivity index is 1.42. The summed E-state index contributed by atoms with van der Waals surface area (Å²) < 4.78 is 13.6. The minimum absolute atomic E-state index is 0.0424. The lowest BCUT2D eigenvalue weighted by atomic mass is 9.97. The summed E-state index contributed by atoms with van der Waals surface area (Å²) >= 11 is 0. The van der Waals surface area contributed by atoms with Crippen LogP contribution >= 0.6 is 0 Å². The van der Waals surface area contributed by atoms with Gasteiger partial charge in [-0.25, -0.2) is 25.3 Å². The zero-order valence-electron chi connectivity index (χ0n) is 14.9. The van der Waals surface area contributed by atoms with Crippen molar-refractivity contribution in [1.29, 1.82) is 0 Å². The van der Waals surface area contributed by atoms with Gasteiger partial charge in [0, 0.05) is 26.7 Å². The van der Waals surface area contributed by atoms with Gasteiger partial charge < -0.3 is 16.4 Å². The van der Waals surface area contributed by atoms with E-state index in [4.69, 9.17) is 5.73 Å². The van der Waals surface area contributed by atoms with E-state index in [2.05, 4.69) is 37.3 Å². The SMILES string of the molecule is CN1NNCN1C1CCNCC1NC(=O)C1C(N)NN2CC(F)CNC12. The molecule has 0 bridgehead atoms. The first-order valence-electron chi connectivity index (χ1n) is 9.20. The van der Waals surface area contributed by atoms with Crippen molar-refractivity contribution in [3.8, 4) is 0 Å². The number of halogens is 1. The molecule has 6 unspecified atom stereocenters. The highest BCUT2D eigenvalue weighted by Gasteiger charge is 2.48. The Morgan fingerprint density at radius 1 is 1.35 bits per heavy atom. The second-order valence-corrected chi connectivity index (χ2v) is 7.37. The van der Waals surface area contributed by atoms with Crippen LogP contribution in [0.3, 0.4) is 0 Å². The highest BCUT2D eigenvalue weighted by atomic mass is 19.1. The predicted molar refractivity (Wildman–Crippen MR) is 91.9 cm³/mol. The van der Waals surface area contributed by atoms with Gasteiger partial charge in [-0.05, 0) is 13.0 Å². The predicted octanol–water partition coefficient (Wildman–Crippen LogP) is -4.05. The van der Waals surface area contributed by atoms with Crippen molar-refractivity contribution in [2.24, 2.45) is 11.7 Å². The van der Waals surface area contributed by atoms with Gasteiger partial charge in [-0.1, -0.05) is 0 Å². The van der Waals surface area contributed by atoms with Gasteiger partial charge >= 0.3 is 0 Å². The number of hydrogen-bond donors (Lipinski definition) is 7. The fourth-order valence-corrected chi connectivity index (χ4v) is 4.35. The molecule has 12 heteroatoms. The number of hydrogen-bond acceptors (Lipinski definition) is 10. The molecule has 148 valence electrons. The van der Waals surface area contributed by atoms with Crippen molar-refractivity contribution in [1.82, 2.24) is 47.5 Å². The molecule has 1 amide bonds. The van der Waals surface area contributed by atoms with Crippen molar-refractivity contribution in [2.45, 2.75) is 37.0 Å². The molecule has 4 rings (SSSR count). The number of carbonyl (C=O) groups is 1. The fourth-order valence-electron chi connectivity index (χ4n) is 4.35. The van der Waals surface area contributed by atoms with E-state index in [0.29, 0.717) is 13.2 Å². The molecule has 26 heavy (non-hydrogen) atoms. The first kappa shape index (κ1) is 18.4. The molecular formula is C14H29FN10O. The molecule has 8 N–H and O–H groups in total. The smallest absolute Gasteiger partial charge is 0.229 e. The van der Waals surface area contributed by atoms with Crippen molar-refractivity contribution < 1.29 is 9.18 Å². The zero-order valence-corrected chi connectivity index (χ0v) is 14.9. The molecule has 4 fully saturated rings. The van der Waals surface area contributed by atoms with Crippen LogP contribution in [0.25, 0.3) is 0 Å². The van der Waals surface area contributed by atoms with Gasteiger partial charge in [-0.15, -0.1) is 0 Å². The van der Waals surface area contributed by atoms with Crippen LogP contribution in [0.1, 0.15) is 6.42 Å². The number of nitrogens with zero attached hydrogens (tertiary/aromatic N) is 3. The maximum atomic E-state index is 13.6. The van der Waals surface area contributed by atoms with Crippen LogP contribution in [-0.4, -0.2) is 91.5 Å². The van der Waals surface area contributed by atoms with Gasteiger partial charge in [0.1, 0.15) is 6.17 Å². The van der Waals surface area contributed by atoms with Crippen molar-refractivity contribution >= 4 is 5.91 Å². The average molecular weight is 372 g/mol. The van der Waals surface area contributed by atoms with E-state index < -0.39 is 18.3 Å². The summed E-state index contributed by atoms with van der Waals surface area (Å²) in [6.45, 7) is 2.75. The summed E-state index contributed by atoms with van der Waals surface area (Å²) in [5, 5.41) is 15.4. The molecule has 4 aliphatic rings. The van der Waals surface area contributed by atoms with E-state index in [-0.39, 0.29) is 37.2 Å². The molecule has 4 saturated heterocycles. The van der Waals surface area contributed by atoms with E-state index >= 15 is 0 Å². The highest BCUT2D eigenvalue weighted by Crippen LogP contribution is 2.23. The maximum absolute atomic E-state index is 13.6. The van der Waals surface area contributed by atoms with Crippen molar-refractivity contribution in [3.63, 3.8) is 0 Å². The Bertz CT molecular complexity index is 526. The number of amides is 1. The molecule has 4 heterocycles. The first-order chi connectivity index (χ1) is 12.5. The molecule has 0 spiro atoms. The first-order valence-corrected chi connectivity index (χ1v) is 9.20. The lowest BCUT2D eigenvalue weighted by Gasteiger charge is -2.40. The van der Waals surface area contributed by atoms with E-state index in [9.17, 15) is 9.18 Å². The molecular weight excluding hydrogens is 343 g/mol. The summed E-state index contributed by atoms with van der Waals surface area (Å²) in [6.07, 6.45) is -0.869.